The minimum Gasteiger partial charge on any atom is -0.367 e. The molecule has 0 saturated heterocycles. The van der Waals surface area contributed by atoms with Crippen LogP contribution in [0.15, 0.2) is 24.4 Å². The summed E-state index contributed by atoms with van der Waals surface area (Å²) in [5.74, 6) is 0.780. The van der Waals surface area contributed by atoms with E-state index in [0.29, 0.717) is 17.6 Å². The fraction of sp³-hybridized carbons (Fsp3) is 0.450. The maximum Gasteiger partial charge on any atom is 0.251 e. The van der Waals surface area contributed by atoms with E-state index in [1.807, 2.05) is 32.1 Å². The quantitative estimate of drug-likeness (QED) is 0.726. The Morgan fingerprint density at radius 1 is 1.21 bits per heavy atom. The van der Waals surface area contributed by atoms with Crippen LogP contribution in [0.3, 0.4) is 0 Å². The summed E-state index contributed by atoms with van der Waals surface area (Å²) in [7, 11) is 3.83. The molecule has 0 aliphatic heterocycles. The van der Waals surface area contributed by atoms with Crippen LogP contribution in [0.2, 0.25) is 5.02 Å². The summed E-state index contributed by atoms with van der Waals surface area (Å²) in [5, 5.41) is 6.49. The van der Waals surface area contributed by atoms with E-state index in [0.717, 1.165) is 37.1 Å². The van der Waals surface area contributed by atoms with Crippen molar-refractivity contribution < 1.29 is 9.18 Å². The van der Waals surface area contributed by atoms with Gasteiger partial charge < -0.3 is 15.5 Å². The second-order valence-corrected chi connectivity index (χ2v) is 7.80. The normalized spacial score (nSPS) is 18.5. The van der Waals surface area contributed by atoms with E-state index >= 15 is 0 Å². The third-order valence-electron chi connectivity index (χ3n) is 4.94. The maximum atomic E-state index is 13.3. The zero-order valence-corrected chi connectivity index (χ0v) is 18.3. The summed E-state index contributed by atoms with van der Waals surface area (Å²) in [6.07, 6.45) is 5.40. The second kappa shape index (κ2) is 10.1. The molecule has 1 aliphatic carbocycles. The van der Waals surface area contributed by atoms with E-state index in [9.17, 15) is 9.18 Å². The lowest BCUT2D eigenvalue weighted by atomic mass is 9.91. The Morgan fingerprint density at radius 2 is 1.86 bits per heavy atom. The number of hydrogen-bond donors (Lipinski definition) is 2. The number of rotatable bonds is 5. The first-order chi connectivity index (χ1) is 13.3. The first-order valence-electron chi connectivity index (χ1n) is 9.37. The number of carbonyl (C=O) groups excluding carboxylic acids is 1. The van der Waals surface area contributed by atoms with Crippen molar-refractivity contribution in [2.24, 2.45) is 0 Å². The van der Waals surface area contributed by atoms with Gasteiger partial charge in [-0.05, 0) is 50.8 Å². The zero-order valence-electron chi connectivity index (χ0n) is 16.7. The first-order valence-corrected chi connectivity index (χ1v) is 9.74. The van der Waals surface area contributed by atoms with Gasteiger partial charge in [-0.2, -0.15) is 4.98 Å². The maximum absolute atomic E-state index is 13.3. The van der Waals surface area contributed by atoms with Gasteiger partial charge in [-0.15, -0.1) is 12.4 Å². The molecule has 0 radical (unpaired) electrons. The molecule has 2 aromatic rings. The molecule has 1 saturated carbocycles. The molecule has 1 aliphatic rings. The van der Waals surface area contributed by atoms with Gasteiger partial charge in [-0.1, -0.05) is 11.6 Å². The van der Waals surface area contributed by atoms with Crippen LogP contribution < -0.4 is 15.5 Å². The lowest BCUT2D eigenvalue weighted by Crippen LogP contribution is -2.40. The lowest BCUT2D eigenvalue weighted by Gasteiger charge is -2.30. The number of benzene rings is 1. The van der Waals surface area contributed by atoms with E-state index in [-0.39, 0.29) is 29.4 Å². The van der Waals surface area contributed by atoms with Gasteiger partial charge in [0, 0.05) is 43.5 Å². The topological polar surface area (TPSA) is 70.2 Å². The number of halogens is 3. The molecule has 2 N–H and O–H groups in total. The Bertz CT molecular complexity index is 857. The van der Waals surface area contributed by atoms with Gasteiger partial charge in [-0.25, -0.2) is 9.37 Å². The van der Waals surface area contributed by atoms with Gasteiger partial charge in [0.1, 0.15) is 11.6 Å². The van der Waals surface area contributed by atoms with Crippen LogP contribution in [-0.2, 0) is 0 Å². The van der Waals surface area contributed by atoms with E-state index in [2.05, 4.69) is 20.6 Å². The molecule has 158 valence electrons. The van der Waals surface area contributed by atoms with Crippen LogP contribution in [0.5, 0.6) is 0 Å². The third-order valence-corrected chi connectivity index (χ3v) is 5.23. The van der Waals surface area contributed by atoms with Gasteiger partial charge in [0.2, 0.25) is 5.95 Å². The van der Waals surface area contributed by atoms with Crippen molar-refractivity contribution in [3.63, 3.8) is 0 Å². The molecule has 0 atom stereocenters. The van der Waals surface area contributed by atoms with Crippen LogP contribution in [0.4, 0.5) is 16.2 Å². The Labute approximate surface area is 181 Å². The molecule has 3 rings (SSSR count). The number of nitrogens with one attached hydrogen (secondary N) is 2. The molecule has 1 aromatic carbocycles. The average Bonchev–Trinajstić information content (AvgIpc) is 2.67. The van der Waals surface area contributed by atoms with E-state index in [4.69, 9.17) is 11.6 Å². The Hall–Kier alpha value is -2.12. The summed E-state index contributed by atoms with van der Waals surface area (Å²) < 4.78 is 13.3. The third kappa shape index (κ3) is 5.93. The predicted molar refractivity (Wildman–Crippen MR) is 117 cm³/mol. The van der Waals surface area contributed by atoms with Gasteiger partial charge in [-0.3, -0.25) is 4.79 Å². The SMILES string of the molecule is Cc1cnc(N(C)C)nc1N[C@H]1CC[C@@H](NC(=O)c2ccc(F)c(Cl)c2)CC1.Cl. The minimum absolute atomic E-state index is 0. The molecule has 1 fully saturated rings. The summed E-state index contributed by atoms with van der Waals surface area (Å²) in [4.78, 5) is 23.1. The van der Waals surface area contributed by atoms with E-state index in [1.54, 1.807) is 0 Å². The minimum atomic E-state index is -0.526. The van der Waals surface area contributed by atoms with E-state index < -0.39 is 5.82 Å². The monoisotopic (exact) mass is 441 g/mol. The van der Waals surface area contributed by atoms with Crippen molar-refractivity contribution >= 4 is 41.7 Å². The fourth-order valence-electron chi connectivity index (χ4n) is 3.28. The van der Waals surface area contributed by atoms with Crippen molar-refractivity contribution in [3.05, 3.63) is 46.4 Å². The highest BCUT2D eigenvalue weighted by molar-refractivity contribution is 6.31. The van der Waals surface area contributed by atoms with Crippen LogP contribution in [0.1, 0.15) is 41.6 Å². The number of nitrogens with zero attached hydrogens (tertiary/aromatic N) is 3. The van der Waals surface area contributed by atoms with Crippen LogP contribution in [-0.4, -0.2) is 42.1 Å². The number of aromatic nitrogens is 2. The highest BCUT2D eigenvalue weighted by Gasteiger charge is 2.24. The van der Waals surface area contributed by atoms with Crippen molar-refractivity contribution in [1.82, 2.24) is 15.3 Å². The van der Waals surface area contributed by atoms with Gasteiger partial charge in [0.05, 0.1) is 5.02 Å². The highest BCUT2D eigenvalue weighted by atomic mass is 35.5. The smallest absolute Gasteiger partial charge is 0.251 e. The summed E-state index contributed by atoms with van der Waals surface area (Å²) >= 11 is 5.76. The molecule has 6 nitrogen and oxygen atoms in total. The second-order valence-electron chi connectivity index (χ2n) is 7.39. The van der Waals surface area contributed by atoms with Crippen LogP contribution in [0.25, 0.3) is 0 Å². The summed E-state index contributed by atoms with van der Waals surface area (Å²) in [6, 6.07) is 4.42. The Balaban J connectivity index is 0.00000300. The van der Waals surface area contributed by atoms with Gasteiger partial charge in [0.15, 0.2) is 0 Å². The largest absolute Gasteiger partial charge is 0.367 e. The molecule has 1 aromatic heterocycles. The van der Waals surface area contributed by atoms with E-state index in [1.165, 1.54) is 18.2 Å². The van der Waals surface area contributed by atoms with Crippen molar-refractivity contribution in [3.8, 4) is 0 Å². The number of aryl methyl sites for hydroxylation is 1. The molecule has 0 unspecified atom stereocenters. The number of hydrogen-bond acceptors (Lipinski definition) is 5. The Morgan fingerprint density at radius 3 is 2.48 bits per heavy atom. The molecule has 1 amide bonds. The van der Waals surface area contributed by atoms with Crippen LogP contribution in [0, 0.1) is 12.7 Å². The predicted octanol–water partition coefficient (Wildman–Crippen LogP) is 4.22. The zero-order chi connectivity index (χ0) is 20.3. The summed E-state index contributed by atoms with van der Waals surface area (Å²) in [5.41, 5.74) is 1.38. The highest BCUT2D eigenvalue weighted by Crippen LogP contribution is 2.24. The number of anilines is 2. The molecular formula is C20H26Cl2FN5O. The lowest BCUT2D eigenvalue weighted by molar-refractivity contribution is 0.0926. The van der Waals surface area contributed by atoms with Gasteiger partial charge in [0.25, 0.3) is 5.91 Å². The van der Waals surface area contributed by atoms with Gasteiger partial charge >= 0.3 is 0 Å². The fourth-order valence-corrected chi connectivity index (χ4v) is 3.46. The van der Waals surface area contributed by atoms with Crippen LogP contribution >= 0.6 is 24.0 Å². The molecule has 29 heavy (non-hydrogen) atoms. The molecular weight excluding hydrogens is 416 g/mol. The van der Waals surface area contributed by atoms with Crippen molar-refractivity contribution in [2.45, 2.75) is 44.7 Å². The number of carbonyl (C=O) groups is 1. The standard InChI is InChI=1S/C20H25ClFN5O.ClH/c1-12-11-23-20(27(2)3)26-18(12)24-14-5-7-15(8-6-14)25-19(28)13-4-9-17(22)16(21)10-13;/h4,9-11,14-15H,5-8H2,1-3H3,(H,25,28)(H,23,24,26);1H/t14-,15+;. The molecule has 0 spiro atoms. The van der Waals surface area contributed by atoms with Crippen molar-refractivity contribution in [2.75, 3.05) is 24.3 Å². The van der Waals surface area contributed by atoms with Crippen molar-refractivity contribution in [1.29, 1.82) is 0 Å². The Kier molecular flexibility index (Phi) is 8.05. The molecule has 9 heteroatoms. The summed E-state index contributed by atoms with van der Waals surface area (Å²) in [6.45, 7) is 1.99. The first kappa shape index (κ1) is 23.2. The average molecular weight is 442 g/mol. The molecule has 0 bridgehead atoms. The number of amides is 1. The molecule has 1 heterocycles.